The Morgan fingerprint density at radius 2 is 1.04 bits per heavy atom. The zero-order chi connectivity index (χ0) is 52.4. The van der Waals surface area contributed by atoms with Crippen LogP contribution in [0.2, 0.25) is 0 Å². The van der Waals surface area contributed by atoms with Gasteiger partial charge >= 0.3 is 11.9 Å². The van der Waals surface area contributed by atoms with E-state index in [1.807, 2.05) is 46.2 Å². The number of unbranched alkanes of at least 4 members (excludes halogenated alkanes) is 3. The molecule has 2 aromatic carbocycles. The molecule has 6 heterocycles. The molecular weight excluding hydrogens is 939 g/mol. The van der Waals surface area contributed by atoms with Crippen LogP contribution in [0.5, 0.6) is 11.5 Å². The minimum atomic E-state index is -0.824. The van der Waals surface area contributed by atoms with Gasteiger partial charge in [0.2, 0.25) is 11.8 Å². The molecule has 2 fully saturated rings. The molecule has 4 aliphatic heterocycles. The fourth-order valence-corrected chi connectivity index (χ4v) is 11.4. The number of carboxylic acid groups (broad SMARTS) is 2. The molecule has 17 heteroatoms. The van der Waals surface area contributed by atoms with Crippen molar-refractivity contribution in [2.45, 2.75) is 128 Å². The number of amides is 2. The Hall–Kier alpha value is -6.04. The maximum Gasteiger partial charge on any atom is 0.308 e. The average molecular weight is 1020 g/mol. The van der Waals surface area contributed by atoms with Crippen LogP contribution in [0.4, 0.5) is 0 Å². The van der Waals surface area contributed by atoms with Crippen LogP contribution in [0, 0.1) is 11.8 Å². The predicted molar refractivity (Wildman–Crippen MR) is 282 cm³/mol. The third kappa shape index (κ3) is 14.6. The number of aryl methyl sites for hydroxylation is 2. The van der Waals surface area contributed by atoms with Crippen molar-refractivity contribution >= 4 is 23.8 Å². The van der Waals surface area contributed by atoms with Crippen LogP contribution >= 0.6 is 0 Å². The molecule has 0 bridgehead atoms. The van der Waals surface area contributed by atoms with E-state index >= 15 is 0 Å². The van der Waals surface area contributed by atoms with Gasteiger partial charge in [0.15, 0.2) is 0 Å². The molecule has 0 aliphatic carbocycles. The highest BCUT2D eigenvalue weighted by atomic mass is 16.5. The van der Waals surface area contributed by atoms with E-state index in [1.54, 1.807) is 12.4 Å². The highest BCUT2D eigenvalue weighted by Crippen LogP contribution is 2.43. The lowest BCUT2D eigenvalue weighted by Crippen LogP contribution is -2.45. The second-order valence-corrected chi connectivity index (χ2v) is 20.3. The first-order valence-electron chi connectivity index (χ1n) is 27.2. The van der Waals surface area contributed by atoms with Crippen molar-refractivity contribution in [2.24, 2.45) is 17.6 Å². The zero-order valence-electron chi connectivity index (χ0n) is 43.9. The second-order valence-electron chi connectivity index (χ2n) is 20.3. The first-order chi connectivity index (χ1) is 36.0. The number of hydrogen-bond acceptors (Lipinski definition) is 13. The summed E-state index contributed by atoms with van der Waals surface area (Å²) in [6.45, 7) is 12.6. The van der Waals surface area contributed by atoms with E-state index in [2.05, 4.69) is 62.6 Å². The van der Waals surface area contributed by atoms with Crippen molar-refractivity contribution in [1.29, 1.82) is 0 Å². The van der Waals surface area contributed by atoms with Crippen molar-refractivity contribution in [3.8, 4) is 11.5 Å². The van der Waals surface area contributed by atoms with E-state index in [0.29, 0.717) is 71.6 Å². The molecule has 8 rings (SSSR count). The van der Waals surface area contributed by atoms with E-state index in [4.69, 9.17) is 15.2 Å². The van der Waals surface area contributed by atoms with E-state index in [1.165, 1.54) is 12.7 Å². The van der Waals surface area contributed by atoms with Crippen LogP contribution in [0.3, 0.4) is 0 Å². The molecule has 0 radical (unpaired) electrons. The van der Waals surface area contributed by atoms with Gasteiger partial charge in [0.25, 0.3) is 0 Å². The van der Waals surface area contributed by atoms with Gasteiger partial charge in [-0.25, -0.2) is 19.9 Å². The molecule has 0 unspecified atom stereocenters. The van der Waals surface area contributed by atoms with E-state index < -0.39 is 23.8 Å². The van der Waals surface area contributed by atoms with Gasteiger partial charge in [0.1, 0.15) is 24.2 Å². The summed E-state index contributed by atoms with van der Waals surface area (Å²) in [4.78, 5) is 77.1. The minimum Gasteiger partial charge on any atom is -0.493 e. The Kier molecular flexibility index (Phi) is 21.1. The Balaban J connectivity index is 0.000000216. The predicted octanol–water partition coefficient (Wildman–Crippen LogP) is 6.43. The number of likely N-dealkylation sites (tertiary alicyclic amines) is 2. The van der Waals surface area contributed by atoms with Crippen LogP contribution in [-0.2, 0) is 44.9 Å². The molecular formula is C57H79N9O8. The third-order valence-electron chi connectivity index (χ3n) is 15.4. The highest BCUT2D eigenvalue weighted by Gasteiger charge is 2.48. The molecule has 4 aromatic rings. The fourth-order valence-electron chi connectivity index (χ4n) is 11.4. The van der Waals surface area contributed by atoms with Crippen LogP contribution < -0.4 is 15.2 Å². The number of fused-ring (bicyclic) bond motifs is 2. The molecule has 74 heavy (non-hydrogen) atoms. The lowest BCUT2D eigenvalue weighted by Gasteiger charge is -2.29. The van der Waals surface area contributed by atoms with Crippen LogP contribution in [0.1, 0.15) is 124 Å². The van der Waals surface area contributed by atoms with Gasteiger partial charge < -0.3 is 35.2 Å². The molecule has 2 aromatic heterocycles. The average Bonchev–Trinajstić information content (AvgIpc) is 4.23. The van der Waals surface area contributed by atoms with Gasteiger partial charge in [0.05, 0.1) is 38.1 Å². The first-order valence-corrected chi connectivity index (χ1v) is 27.2. The van der Waals surface area contributed by atoms with Crippen LogP contribution in [0.25, 0.3) is 0 Å². The molecule has 0 spiro atoms. The first kappa shape index (κ1) is 55.7. The van der Waals surface area contributed by atoms with E-state index in [9.17, 15) is 29.4 Å². The summed E-state index contributed by atoms with van der Waals surface area (Å²) in [5.41, 5.74) is 11.8. The van der Waals surface area contributed by atoms with Gasteiger partial charge in [-0.1, -0.05) is 64.3 Å². The second kappa shape index (κ2) is 28.0. The summed E-state index contributed by atoms with van der Waals surface area (Å²) in [7, 11) is 0. The van der Waals surface area contributed by atoms with Gasteiger partial charge in [-0.05, 0) is 104 Å². The molecule has 6 atom stereocenters. The summed E-state index contributed by atoms with van der Waals surface area (Å²) in [5.74, 6) is -1.34. The molecule has 0 saturated carbocycles. The Morgan fingerprint density at radius 1 is 0.622 bits per heavy atom. The largest absolute Gasteiger partial charge is 0.493 e. The third-order valence-corrected chi connectivity index (χ3v) is 15.4. The highest BCUT2D eigenvalue weighted by molar-refractivity contribution is 5.80. The number of hydrogen-bond donors (Lipinski definition) is 3. The number of benzene rings is 2. The summed E-state index contributed by atoms with van der Waals surface area (Å²) in [6, 6.07) is 15.3. The van der Waals surface area contributed by atoms with E-state index in [-0.39, 0.29) is 48.8 Å². The lowest BCUT2D eigenvalue weighted by molar-refractivity contribution is -0.144. The number of carboxylic acids is 2. The van der Waals surface area contributed by atoms with Crippen molar-refractivity contribution in [3.05, 3.63) is 107 Å². The summed E-state index contributed by atoms with van der Waals surface area (Å²) in [6.07, 6.45) is 17.3. The number of aromatic nitrogens is 4. The quantitative estimate of drug-likeness (QED) is 0.0618. The van der Waals surface area contributed by atoms with Gasteiger partial charge in [-0.3, -0.25) is 29.0 Å². The number of nitrogens with two attached hydrogens (primary N) is 1. The molecule has 4 aliphatic rings. The van der Waals surface area contributed by atoms with Gasteiger partial charge in [-0.2, -0.15) is 0 Å². The summed E-state index contributed by atoms with van der Waals surface area (Å²) in [5, 5.41) is 20.8. The fraction of sp³-hybridized carbons (Fsp3) is 0.579. The Morgan fingerprint density at radius 3 is 1.41 bits per heavy atom. The van der Waals surface area contributed by atoms with Gasteiger partial charge in [0, 0.05) is 99.8 Å². The Bertz CT molecular complexity index is 2250. The smallest absolute Gasteiger partial charge is 0.308 e. The normalized spacial score (nSPS) is 21.0. The lowest BCUT2D eigenvalue weighted by atomic mass is 9.83. The maximum absolute atomic E-state index is 13.5. The Labute approximate surface area is 437 Å². The summed E-state index contributed by atoms with van der Waals surface area (Å²) < 4.78 is 11.3. The van der Waals surface area contributed by atoms with Crippen LogP contribution in [0.15, 0.2) is 73.6 Å². The maximum atomic E-state index is 13.5. The van der Waals surface area contributed by atoms with Crippen molar-refractivity contribution in [2.75, 3.05) is 72.1 Å². The molecule has 400 valence electrons. The van der Waals surface area contributed by atoms with Crippen molar-refractivity contribution in [1.82, 2.24) is 39.5 Å². The zero-order valence-corrected chi connectivity index (χ0v) is 43.9. The van der Waals surface area contributed by atoms with Crippen molar-refractivity contribution in [3.63, 3.8) is 0 Å². The summed E-state index contributed by atoms with van der Waals surface area (Å²) >= 11 is 0. The number of ether oxygens (including phenoxy) is 2. The SMILES string of the molecule is CCCCN(CCCC)C(=O)CN1C[C@H](c2ccc3c(c2)CCO3)[C@@H](C(=O)O)[C@@H]1CCc1ccncn1.CCCCN(CCCN)C(=O)CN1C[C@H](c2ccc3c(c2)CCO3)[C@@H](C(=O)O)[C@@H]1CCc1ccncn1. The molecule has 4 N–H and O–H groups in total. The van der Waals surface area contributed by atoms with E-state index in [0.717, 1.165) is 116 Å². The van der Waals surface area contributed by atoms with Crippen molar-refractivity contribution < 1.29 is 38.9 Å². The molecule has 2 amide bonds. The van der Waals surface area contributed by atoms with Crippen LogP contribution in [-0.4, -0.2) is 158 Å². The number of aliphatic carboxylic acids is 2. The monoisotopic (exact) mass is 1020 g/mol. The van der Waals surface area contributed by atoms with Gasteiger partial charge in [-0.15, -0.1) is 0 Å². The minimum absolute atomic E-state index is 0.0427. The topological polar surface area (TPSA) is 218 Å². The molecule has 17 nitrogen and oxygen atoms in total. The number of carbonyl (C=O) groups is 4. The number of rotatable bonds is 26. The molecule has 2 saturated heterocycles. The standard InChI is InChI=1S/C29H40N4O4.C28H39N5O4/c1-3-5-14-32(15-6-4-2)27(34)19-33-18-24(21-7-10-26-22(17-21)12-16-37-26)28(29(35)36)25(33)9-8-23-11-13-30-20-31-23;1-2-3-13-32(14-4-11-29)26(34)18-33-17-23(20-5-8-25-21(16-20)10-15-37-25)27(28(35)36)24(33)7-6-22-9-12-30-19-31-22/h7,10-11,13,17,20,24-25,28H,3-6,8-9,12,14-16,18-19H2,1-2H3,(H,35,36);5,8-9,12,16,19,23-24,27H,2-4,6-7,10-11,13-15,17-18,29H2,1H3,(H,35,36)/t24-,25+,28-;23-,24+,27-/m11/s1. The number of carbonyl (C=O) groups excluding carboxylic acids is 2. The number of nitrogens with zero attached hydrogens (tertiary/aromatic N) is 8.